The summed E-state index contributed by atoms with van der Waals surface area (Å²) in [4.78, 5) is 24.3. The Morgan fingerprint density at radius 1 is 1.12 bits per heavy atom. The molecule has 0 atom stereocenters. The zero-order valence-corrected chi connectivity index (χ0v) is 19.5. The second-order valence-corrected chi connectivity index (χ2v) is 8.25. The number of hydrogen-bond acceptors (Lipinski definition) is 6. The van der Waals surface area contributed by atoms with Gasteiger partial charge in [0.05, 0.1) is 17.3 Å². The van der Waals surface area contributed by atoms with E-state index in [2.05, 4.69) is 20.8 Å². The van der Waals surface area contributed by atoms with E-state index in [1.165, 1.54) is 36.0 Å². The van der Waals surface area contributed by atoms with Crippen LogP contribution in [0.4, 0.5) is 10.1 Å². The van der Waals surface area contributed by atoms with Crippen LogP contribution >= 0.6 is 23.4 Å². The van der Waals surface area contributed by atoms with Crippen molar-refractivity contribution in [2.45, 2.75) is 18.1 Å². The van der Waals surface area contributed by atoms with Crippen LogP contribution in [-0.2, 0) is 20.9 Å². The van der Waals surface area contributed by atoms with Crippen LogP contribution in [0.3, 0.4) is 0 Å². The van der Waals surface area contributed by atoms with Gasteiger partial charge in [0.25, 0.3) is 0 Å². The summed E-state index contributed by atoms with van der Waals surface area (Å²) in [7, 11) is 1.63. The normalized spacial score (nSPS) is 10.8. The minimum absolute atomic E-state index is 0.0504. The topological polar surface area (TPSA) is 98.1 Å². The maximum Gasteiger partial charge on any atom is 0.243 e. The number of amides is 2. The fraction of sp³-hybridized carbons (Fsp3) is 0.273. The molecule has 33 heavy (non-hydrogen) atoms. The Labute approximate surface area is 199 Å². The van der Waals surface area contributed by atoms with Crippen LogP contribution < -0.4 is 10.6 Å². The molecule has 174 valence electrons. The Balaban J connectivity index is 1.58. The van der Waals surface area contributed by atoms with Crippen LogP contribution in [0, 0.1) is 5.82 Å². The van der Waals surface area contributed by atoms with Crippen molar-refractivity contribution < 1.29 is 18.7 Å². The molecule has 3 rings (SSSR count). The smallest absolute Gasteiger partial charge is 0.243 e. The molecule has 2 amide bonds. The third-order valence-electron chi connectivity index (χ3n) is 4.47. The van der Waals surface area contributed by atoms with E-state index in [-0.39, 0.29) is 18.2 Å². The van der Waals surface area contributed by atoms with E-state index >= 15 is 0 Å². The highest BCUT2D eigenvalue weighted by Crippen LogP contribution is 2.29. The third kappa shape index (κ3) is 7.28. The fourth-order valence-corrected chi connectivity index (χ4v) is 3.92. The van der Waals surface area contributed by atoms with Crippen LogP contribution in [-0.4, -0.2) is 52.6 Å². The van der Waals surface area contributed by atoms with E-state index in [0.29, 0.717) is 34.8 Å². The number of benzene rings is 2. The van der Waals surface area contributed by atoms with Gasteiger partial charge in [0.2, 0.25) is 11.8 Å². The number of halogens is 2. The van der Waals surface area contributed by atoms with Crippen molar-refractivity contribution in [2.24, 2.45) is 0 Å². The molecular weight excluding hydrogens is 469 g/mol. The Kier molecular flexibility index (Phi) is 9.23. The van der Waals surface area contributed by atoms with Crippen LogP contribution in [0.25, 0.3) is 11.4 Å². The van der Waals surface area contributed by atoms with Gasteiger partial charge in [-0.25, -0.2) is 4.39 Å². The SMILES string of the molecule is COCCCn1c(SCC(=O)NCC(=O)Nc2ccc(F)cc2)nnc1-c1ccccc1Cl. The molecule has 0 spiro atoms. The van der Waals surface area contributed by atoms with E-state index < -0.39 is 11.7 Å². The predicted octanol–water partition coefficient (Wildman–Crippen LogP) is 3.62. The lowest BCUT2D eigenvalue weighted by molar-refractivity contribution is -0.122. The Bertz CT molecular complexity index is 1090. The van der Waals surface area contributed by atoms with E-state index in [1.54, 1.807) is 13.2 Å². The average molecular weight is 492 g/mol. The molecule has 2 N–H and O–H groups in total. The van der Waals surface area contributed by atoms with Gasteiger partial charge in [-0.05, 0) is 42.8 Å². The average Bonchev–Trinajstić information content (AvgIpc) is 3.21. The molecule has 0 saturated carbocycles. The fourth-order valence-electron chi connectivity index (χ4n) is 2.90. The minimum atomic E-state index is -0.413. The molecule has 0 radical (unpaired) electrons. The second kappa shape index (κ2) is 12.3. The van der Waals surface area contributed by atoms with Gasteiger partial charge in [-0.2, -0.15) is 0 Å². The summed E-state index contributed by atoms with van der Waals surface area (Å²) < 4.78 is 20.0. The highest BCUT2D eigenvalue weighted by molar-refractivity contribution is 7.99. The molecule has 0 aliphatic rings. The maximum absolute atomic E-state index is 12.9. The number of rotatable bonds is 11. The molecule has 0 saturated heterocycles. The molecule has 2 aromatic carbocycles. The summed E-state index contributed by atoms with van der Waals surface area (Å²) in [5.74, 6) is -0.484. The van der Waals surface area contributed by atoms with Crippen molar-refractivity contribution in [3.8, 4) is 11.4 Å². The molecule has 0 unspecified atom stereocenters. The first-order valence-electron chi connectivity index (χ1n) is 10.1. The summed E-state index contributed by atoms with van der Waals surface area (Å²) in [5.41, 5.74) is 1.19. The quantitative estimate of drug-likeness (QED) is 0.314. The van der Waals surface area contributed by atoms with Gasteiger partial charge in [-0.1, -0.05) is 35.5 Å². The molecule has 1 heterocycles. The number of carbonyl (C=O) groups is 2. The number of thioether (sulfide) groups is 1. The first-order valence-corrected chi connectivity index (χ1v) is 11.5. The van der Waals surface area contributed by atoms with Crippen molar-refractivity contribution in [3.05, 3.63) is 59.4 Å². The molecule has 3 aromatic rings. The van der Waals surface area contributed by atoms with Gasteiger partial charge in [0.1, 0.15) is 5.82 Å². The van der Waals surface area contributed by atoms with Crippen LogP contribution in [0.5, 0.6) is 0 Å². The predicted molar refractivity (Wildman–Crippen MR) is 126 cm³/mol. The van der Waals surface area contributed by atoms with E-state index in [0.717, 1.165) is 12.0 Å². The van der Waals surface area contributed by atoms with Gasteiger partial charge < -0.3 is 19.9 Å². The number of aromatic nitrogens is 3. The standard InChI is InChI=1S/C22H23ClFN5O3S/c1-32-12-4-11-29-21(17-5-2-3-6-18(17)23)27-28-22(29)33-14-20(31)25-13-19(30)26-16-9-7-15(24)8-10-16/h2-3,5-10H,4,11-14H2,1H3,(H,25,31)(H,26,30). The van der Waals surface area contributed by atoms with Crippen molar-refractivity contribution >= 4 is 40.9 Å². The van der Waals surface area contributed by atoms with Crippen LogP contribution in [0.1, 0.15) is 6.42 Å². The number of nitrogens with one attached hydrogen (secondary N) is 2. The zero-order valence-electron chi connectivity index (χ0n) is 17.9. The van der Waals surface area contributed by atoms with Gasteiger partial charge >= 0.3 is 0 Å². The van der Waals surface area contributed by atoms with Gasteiger partial charge in [-0.3, -0.25) is 9.59 Å². The minimum Gasteiger partial charge on any atom is -0.385 e. The molecular formula is C22H23ClFN5O3S. The Morgan fingerprint density at radius 2 is 1.88 bits per heavy atom. The van der Waals surface area contributed by atoms with E-state index in [1.807, 2.05) is 22.8 Å². The number of anilines is 1. The van der Waals surface area contributed by atoms with E-state index in [4.69, 9.17) is 16.3 Å². The van der Waals surface area contributed by atoms with Gasteiger partial charge in [0, 0.05) is 31.5 Å². The lowest BCUT2D eigenvalue weighted by Gasteiger charge is -2.11. The summed E-state index contributed by atoms with van der Waals surface area (Å²) in [6.45, 7) is 0.946. The molecule has 0 fully saturated rings. The molecule has 1 aromatic heterocycles. The third-order valence-corrected chi connectivity index (χ3v) is 5.76. The molecule has 11 heteroatoms. The number of ether oxygens (including phenoxy) is 1. The highest BCUT2D eigenvalue weighted by atomic mass is 35.5. The first-order chi connectivity index (χ1) is 16.0. The Morgan fingerprint density at radius 3 is 2.61 bits per heavy atom. The lowest BCUT2D eigenvalue weighted by Crippen LogP contribution is -2.33. The number of methoxy groups -OCH3 is 1. The monoisotopic (exact) mass is 491 g/mol. The first kappa shape index (κ1) is 24.7. The highest BCUT2D eigenvalue weighted by Gasteiger charge is 2.17. The second-order valence-electron chi connectivity index (χ2n) is 6.90. The number of hydrogen-bond donors (Lipinski definition) is 2. The molecule has 8 nitrogen and oxygen atoms in total. The molecule has 0 aliphatic heterocycles. The van der Waals surface area contributed by atoms with Crippen molar-refractivity contribution in [2.75, 3.05) is 31.3 Å². The lowest BCUT2D eigenvalue weighted by atomic mass is 10.2. The number of nitrogens with zero attached hydrogens (tertiary/aromatic N) is 3. The van der Waals surface area contributed by atoms with Gasteiger partial charge in [0.15, 0.2) is 11.0 Å². The van der Waals surface area contributed by atoms with E-state index in [9.17, 15) is 14.0 Å². The van der Waals surface area contributed by atoms with Gasteiger partial charge in [-0.15, -0.1) is 10.2 Å². The largest absolute Gasteiger partial charge is 0.385 e. The number of carbonyl (C=O) groups excluding carboxylic acids is 2. The van der Waals surface area contributed by atoms with Crippen molar-refractivity contribution in [1.29, 1.82) is 0 Å². The van der Waals surface area contributed by atoms with Crippen molar-refractivity contribution in [1.82, 2.24) is 20.1 Å². The van der Waals surface area contributed by atoms with Crippen LogP contribution in [0.2, 0.25) is 5.02 Å². The van der Waals surface area contributed by atoms with Crippen molar-refractivity contribution in [3.63, 3.8) is 0 Å². The molecule has 0 bridgehead atoms. The zero-order chi connectivity index (χ0) is 23.6. The van der Waals surface area contributed by atoms with Crippen LogP contribution in [0.15, 0.2) is 53.7 Å². The molecule has 0 aliphatic carbocycles. The summed E-state index contributed by atoms with van der Waals surface area (Å²) in [6.07, 6.45) is 0.731. The maximum atomic E-state index is 12.9. The summed E-state index contributed by atoms with van der Waals surface area (Å²) in [5, 5.41) is 14.8. The Hall–Kier alpha value is -2.95. The summed E-state index contributed by atoms with van der Waals surface area (Å²) in [6, 6.07) is 12.7. The summed E-state index contributed by atoms with van der Waals surface area (Å²) >= 11 is 7.54.